The normalized spacial score (nSPS) is 15.5. The van der Waals surface area contributed by atoms with E-state index in [1.165, 1.54) is 17.4 Å². The summed E-state index contributed by atoms with van der Waals surface area (Å²) in [7, 11) is 0. The molecule has 4 heteroatoms. The lowest BCUT2D eigenvalue weighted by molar-refractivity contribution is -0.139. The summed E-state index contributed by atoms with van der Waals surface area (Å²) >= 11 is 0. The van der Waals surface area contributed by atoms with Crippen LogP contribution in [0.15, 0.2) is 48.7 Å². The molecule has 0 saturated heterocycles. The van der Waals surface area contributed by atoms with Gasteiger partial charge in [-0.15, -0.1) is 0 Å². The fourth-order valence-electron chi connectivity index (χ4n) is 4.72. The number of carbonyl (C=O) groups excluding carboxylic acids is 1. The minimum absolute atomic E-state index is 0.133. The van der Waals surface area contributed by atoms with Crippen molar-refractivity contribution in [3.05, 3.63) is 76.6 Å². The van der Waals surface area contributed by atoms with Crippen LogP contribution in [0.3, 0.4) is 0 Å². The van der Waals surface area contributed by atoms with Crippen molar-refractivity contribution in [3.8, 4) is 17.6 Å². The Morgan fingerprint density at radius 2 is 1.57 bits per heavy atom. The molecule has 0 spiro atoms. The maximum atomic E-state index is 11.7. The highest BCUT2D eigenvalue weighted by molar-refractivity contribution is 5.77. The van der Waals surface area contributed by atoms with Gasteiger partial charge < -0.3 is 14.6 Å². The molecule has 1 aliphatic rings. The van der Waals surface area contributed by atoms with E-state index in [4.69, 9.17) is 9.47 Å². The van der Waals surface area contributed by atoms with Gasteiger partial charge in [-0.3, -0.25) is 4.79 Å². The Hall–Kier alpha value is -3.03. The van der Waals surface area contributed by atoms with Gasteiger partial charge in [0.05, 0.1) is 6.26 Å². The topological polar surface area (TPSA) is 55.8 Å². The number of cyclic esters (lactones) is 1. The van der Waals surface area contributed by atoms with E-state index in [1.807, 2.05) is 26.8 Å². The molecule has 0 fully saturated rings. The Kier molecular flexibility index (Phi) is 8.46. The largest absolute Gasteiger partial charge is 0.492 e. The second-order valence-electron chi connectivity index (χ2n) is 9.47. The highest BCUT2D eigenvalue weighted by Crippen LogP contribution is 2.41. The Bertz CT molecular complexity index is 1140. The van der Waals surface area contributed by atoms with Gasteiger partial charge in [-0.05, 0) is 80.0 Å². The first-order chi connectivity index (χ1) is 16.7. The highest BCUT2D eigenvalue weighted by atomic mass is 16.5. The number of rotatable bonds is 9. The summed E-state index contributed by atoms with van der Waals surface area (Å²) < 4.78 is 10.8. The number of hydrogen-bond donors (Lipinski definition) is 1. The van der Waals surface area contributed by atoms with Crippen LogP contribution in [0.4, 0.5) is 0 Å². The van der Waals surface area contributed by atoms with Gasteiger partial charge in [0.15, 0.2) is 0 Å². The Balaban J connectivity index is 1.89. The zero-order valence-corrected chi connectivity index (χ0v) is 21.9. The number of esters is 1. The van der Waals surface area contributed by atoms with E-state index >= 15 is 0 Å². The van der Waals surface area contributed by atoms with E-state index in [2.05, 4.69) is 62.9 Å². The smallest absolute Gasteiger partial charge is 0.321 e. The van der Waals surface area contributed by atoms with E-state index in [0.717, 1.165) is 35.3 Å². The number of hydrogen-bond acceptors (Lipinski definition) is 4. The zero-order chi connectivity index (χ0) is 25.6. The van der Waals surface area contributed by atoms with Crippen LogP contribution < -0.4 is 4.74 Å². The van der Waals surface area contributed by atoms with Crippen molar-refractivity contribution in [1.82, 2.24) is 0 Å². The van der Waals surface area contributed by atoms with Gasteiger partial charge in [0.1, 0.15) is 23.9 Å². The molecule has 1 atom stereocenters. The van der Waals surface area contributed by atoms with Crippen molar-refractivity contribution in [3.63, 3.8) is 0 Å². The summed E-state index contributed by atoms with van der Waals surface area (Å²) in [6, 6.07) is 12.9. The highest BCUT2D eigenvalue weighted by Gasteiger charge is 2.31. The molecule has 0 aromatic heterocycles. The zero-order valence-electron chi connectivity index (χ0n) is 21.9. The van der Waals surface area contributed by atoms with Gasteiger partial charge in [0.2, 0.25) is 0 Å². The molecule has 4 nitrogen and oxygen atoms in total. The fraction of sp³-hybridized carbons (Fsp3) is 0.452. The Morgan fingerprint density at radius 3 is 2.09 bits per heavy atom. The minimum atomic E-state index is -0.933. The van der Waals surface area contributed by atoms with Crippen molar-refractivity contribution in [2.45, 2.75) is 78.2 Å². The first-order valence-corrected chi connectivity index (χ1v) is 12.7. The van der Waals surface area contributed by atoms with E-state index in [1.54, 1.807) is 6.08 Å². The second-order valence-corrected chi connectivity index (χ2v) is 9.47. The van der Waals surface area contributed by atoms with Gasteiger partial charge in [0, 0.05) is 11.0 Å². The van der Waals surface area contributed by atoms with Crippen LogP contribution in [0, 0.1) is 31.6 Å². The molecule has 0 amide bonds. The van der Waals surface area contributed by atoms with E-state index in [0.29, 0.717) is 12.8 Å². The SMILES string of the molecule is CCC(O)(C#Cc1ccc(C(CC)(CC)c2ccc(OCC3C=COC3=O)c(C)c2)cc1C)CC. The van der Waals surface area contributed by atoms with Gasteiger partial charge in [0.25, 0.3) is 0 Å². The number of carbonyl (C=O) groups is 1. The molecule has 1 unspecified atom stereocenters. The number of benzene rings is 2. The molecule has 0 aliphatic carbocycles. The van der Waals surface area contributed by atoms with Crippen molar-refractivity contribution < 1.29 is 19.4 Å². The molecule has 2 aromatic carbocycles. The van der Waals surface area contributed by atoms with Crippen LogP contribution in [0.2, 0.25) is 0 Å². The third-order valence-corrected chi connectivity index (χ3v) is 7.53. The second kappa shape index (κ2) is 11.1. The summed E-state index contributed by atoms with van der Waals surface area (Å²) in [6.07, 6.45) is 6.30. The van der Waals surface area contributed by atoms with Crippen LogP contribution in [0.5, 0.6) is 5.75 Å². The van der Waals surface area contributed by atoms with Crippen molar-refractivity contribution >= 4 is 5.97 Å². The van der Waals surface area contributed by atoms with Crippen molar-refractivity contribution in [2.75, 3.05) is 6.61 Å². The van der Waals surface area contributed by atoms with Crippen molar-refractivity contribution in [1.29, 1.82) is 0 Å². The van der Waals surface area contributed by atoms with Crippen LogP contribution >= 0.6 is 0 Å². The molecule has 186 valence electrons. The number of aliphatic hydroxyl groups is 1. The van der Waals surface area contributed by atoms with Crippen LogP contribution in [0.1, 0.15) is 81.2 Å². The number of ether oxygens (including phenoxy) is 2. The maximum absolute atomic E-state index is 11.7. The molecule has 1 aliphatic heterocycles. The van der Waals surface area contributed by atoms with E-state index < -0.39 is 5.60 Å². The summed E-state index contributed by atoms with van der Waals surface area (Å²) in [5, 5.41) is 10.5. The average Bonchev–Trinajstić information content (AvgIpc) is 3.28. The molecule has 3 rings (SSSR count). The first-order valence-electron chi connectivity index (χ1n) is 12.7. The fourth-order valence-corrected chi connectivity index (χ4v) is 4.72. The lowest BCUT2D eigenvalue weighted by Crippen LogP contribution is -2.26. The number of aryl methyl sites for hydroxylation is 2. The van der Waals surface area contributed by atoms with Crippen LogP contribution in [-0.4, -0.2) is 23.3 Å². The summed E-state index contributed by atoms with van der Waals surface area (Å²) in [5.74, 6) is 6.45. The van der Waals surface area contributed by atoms with E-state index in [-0.39, 0.29) is 23.9 Å². The molecular weight excluding hydrogens is 436 g/mol. The predicted octanol–water partition coefficient (Wildman–Crippen LogP) is 6.38. The molecule has 0 radical (unpaired) electrons. The Labute approximate surface area is 210 Å². The minimum Gasteiger partial charge on any atom is -0.492 e. The van der Waals surface area contributed by atoms with E-state index in [9.17, 15) is 9.90 Å². The molecule has 35 heavy (non-hydrogen) atoms. The third-order valence-electron chi connectivity index (χ3n) is 7.53. The lowest BCUT2D eigenvalue weighted by atomic mass is 9.70. The monoisotopic (exact) mass is 474 g/mol. The lowest BCUT2D eigenvalue weighted by Gasteiger charge is -2.34. The van der Waals surface area contributed by atoms with Crippen LogP contribution in [-0.2, 0) is 14.9 Å². The average molecular weight is 475 g/mol. The van der Waals surface area contributed by atoms with Gasteiger partial charge >= 0.3 is 5.97 Å². The third kappa shape index (κ3) is 5.63. The summed E-state index contributed by atoms with van der Waals surface area (Å²) in [5.41, 5.74) is 4.55. The van der Waals surface area contributed by atoms with Gasteiger partial charge in [-0.2, -0.15) is 0 Å². The first kappa shape index (κ1) is 26.6. The molecule has 1 heterocycles. The van der Waals surface area contributed by atoms with Crippen LogP contribution in [0.25, 0.3) is 0 Å². The predicted molar refractivity (Wildman–Crippen MR) is 140 cm³/mol. The summed E-state index contributed by atoms with van der Waals surface area (Å²) in [6.45, 7) is 12.8. The summed E-state index contributed by atoms with van der Waals surface area (Å²) in [4.78, 5) is 11.7. The molecule has 1 N–H and O–H groups in total. The molecular formula is C31H38O4. The molecule has 0 bridgehead atoms. The van der Waals surface area contributed by atoms with Crippen molar-refractivity contribution in [2.24, 2.45) is 5.92 Å². The molecule has 0 saturated carbocycles. The van der Waals surface area contributed by atoms with Gasteiger partial charge in [-0.25, -0.2) is 0 Å². The Morgan fingerprint density at radius 1 is 0.943 bits per heavy atom. The van der Waals surface area contributed by atoms with Gasteiger partial charge in [-0.1, -0.05) is 63.8 Å². The standard InChI is InChI=1S/C31H38O4/c1-7-30(33,8-2)17-15-24-11-12-26(19-22(24)5)31(9-3,10-4)27-13-14-28(23(6)20-27)35-21-25-16-18-34-29(25)32/h11-14,16,18-20,25,33H,7-10,21H2,1-6H3. The molecule has 2 aromatic rings. The maximum Gasteiger partial charge on any atom is 0.321 e. The quantitative estimate of drug-likeness (QED) is 0.339.